The molecule has 1 aromatic heterocycles. The Morgan fingerprint density at radius 1 is 1.44 bits per heavy atom. The highest BCUT2D eigenvalue weighted by Gasteiger charge is 2.44. The molecule has 0 saturated heterocycles. The van der Waals surface area contributed by atoms with Gasteiger partial charge in [0, 0.05) is 6.54 Å². The van der Waals surface area contributed by atoms with Crippen molar-refractivity contribution in [3.05, 3.63) is 23.2 Å². The maximum atomic E-state index is 11.9. The first kappa shape index (κ1) is 12.7. The van der Waals surface area contributed by atoms with E-state index in [-0.39, 0.29) is 12.5 Å². The second-order valence-corrected chi connectivity index (χ2v) is 4.95. The third-order valence-electron chi connectivity index (χ3n) is 3.64. The summed E-state index contributed by atoms with van der Waals surface area (Å²) in [6.45, 7) is 3.68. The Morgan fingerprint density at radius 3 is 2.50 bits per heavy atom. The van der Waals surface area contributed by atoms with Crippen LogP contribution in [0.15, 0.2) is 10.5 Å². The smallest absolute Gasteiger partial charge is 0.311 e. The topological polar surface area (TPSA) is 79.5 Å². The van der Waals surface area contributed by atoms with Crippen LogP contribution in [0.3, 0.4) is 0 Å². The van der Waals surface area contributed by atoms with Crippen molar-refractivity contribution in [1.29, 1.82) is 0 Å². The lowest BCUT2D eigenvalue weighted by molar-refractivity contribution is -0.153. The number of aliphatic carboxylic acids is 1. The lowest BCUT2D eigenvalue weighted by Crippen LogP contribution is -2.47. The zero-order valence-corrected chi connectivity index (χ0v) is 10.6. The number of carbonyl (C=O) groups excluding carboxylic acids is 1. The summed E-state index contributed by atoms with van der Waals surface area (Å²) >= 11 is 0. The standard InChI is InChI=1S/C13H17NO4/c1-8-6-10(9(2)18-8)11(15)14-7-13(12(16)17)4-3-5-13/h6H,3-5,7H2,1-2H3,(H,14,15)(H,16,17). The van der Waals surface area contributed by atoms with Gasteiger partial charge in [-0.15, -0.1) is 0 Å². The summed E-state index contributed by atoms with van der Waals surface area (Å²) in [5, 5.41) is 11.9. The van der Waals surface area contributed by atoms with Gasteiger partial charge in [0.2, 0.25) is 0 Å². The van der Waals surface area contributed by atoms with Crippen LogP contribution in [0.1, 0.15) is 41.1 Å². The fraction of sp³-hybridized carbons (Fsp3) is 0.538. The maximum absolute atomic E-state index is 11.9. The molecule has 0 aliphatic heterocycles. The molecule has 0 spiro atoms. The molecule has 1 heterocycles. The average Bonchev–Trinajstić information content (AvgIpc) is 2.55. The summed E-state index contributed by atoms with van der Waals surface area (Å²) in [5.41, 5.74) is -0.283. The van der Waals surface area contributed by atoms with Crippen molar-refractivity contribution in [2.45, 2.75) is 33.1 Å². The fourth-order valence-electron chi connectivity index (χ4n) is 2.27. The van der Waals surface area contributed by atoms with Gasteiger partial charge in [0.1, 0.15) is 11.5 Å². The van der Waals surface area contributed by atoms with Crippen molar-refractivity contribution in [2.24, 2.45) is 5.41 Å². The number of amides is 1. The summed E-state index contributed by atoms with van der Waals surface area (Å²) in [4.78, 5) is 23.1. The number of hydrogen-bond donors (Lipinski definition) is 2. The number of hydrogen-bond acceptors (Lipinski definition) is 3. The van der Waals surface area contributed by atoms with Crippen molar-refractivity contribution >= 4 is 11.9 Å². The fourth-order valence-corrected chi connectivity index (χ4v) is 2.27. The Bertz CT molecular complexity index is 485. The maximum Gasteiger partial charge on any atom is 0.311 e. The molecule has 2 rings (SSSR count). The Balaban J connectivity index is 2.00. The van der Waals surface area contributed by atoms with Crippen molar-refractivity contribution in [3.63, 3.8) is 0 Å². The molecule has 0 aromatic carbocycles. The van der Waals surface area contributed by atoms with E-state index in [4.69, 9.17) is 9.52 Å². The molecule has 0 radical (unpaired) electrons. The lowest BCUT2D eigenvalue weighted by atomic mass is 9.69. The second-order valence-electron chi connectivity index (χ2n) is 4.95. The number of carboxylic acids is 1. The summed E-state index contributed by atoms with van der Waals surface area (Å²) in [6.07, 6.45) is 2.17. The second kappa shape index (κ2) is 4.48. The molecule has 1 aromatic rings. The molecule has 18 heavy (non-hydrogen) atoms. The van der Waals surface area contributed by atoms with Gasteiger partial charge in [0.25, 0.3) is 5.91 Å². The van der Waals surface area contributed by atoms with Crippen molar-refractivity contribution in [3.8, 4) is 0 Å². The molecule has 1 aliphatic rings. The Kier molecular flexibility index (Phi) is 3.15. The van der Waals surface area contributed by atoms with Gasteiger partial charge in [0.05, 0.1) is 11.0 Å². The van der Waals surface area contributed by atoms with E-state index in [1.165, 1.54) is 0 Å². The molecule has 0 unspecified atom stereocenters. The van der Waals surface area contributed by atoms with Crippen LogP contribution < -0.4 is 5.32 Å². The lowest BCUT2D eigenvalue weighted by Gasteiger charge is -2.37. The molecule has 0 atom stereocenters. The van der Waals surface area contributed by atoms with Gasteiger partial charge in [-0.25, -0.2) is 0 Å². The molecular formula is C13H17NO4. The number of carbonyl (C=O) groups is 2. The van der Waals surface area contributed by atoms with E-state index in [9.17, 15) is 9.59 Å². The highest BCUT2D eigenvalue weighted by atomic mass is 16.4. The minimum absolute atomic E-state index is 0.185. The Morgan fingerprint density at radius 2 is 2.11 bits per heavy atom. The molecule has 1 saturated carbocycles. The van der Waals surface area contributed by atoms with Crippen LogP contribution in [0, 0.1) is 19.3 Å². The highest BCUT2D eigenvalue weighted by molar-refractivity contribution is 5.95. The third kappa shape index (κ3) is 2.12. The minimum atomic E-state index is -0.825. The van der Waals surface area contributed by atoms with E-state index in [1.807, 2.05) is 0 Å². The van der Waals surface area contributed by atoms with Crippen molar-refractivity contribution in [2.75, 3.05) is 6.54 Å². The van der Waals surface area contributed by atoms with Crippen LogP contribution in [0.25, 0.3) is 0 Å². The monoisotopic (exact) mass is 251 g/mol. The molecular weight excluding hydrogens is 234 g/mol. The van der Waals surface area contributed by atoms with Crippen LogP contribution in [-0.2, 0) is 4.79 Å². The quantitative estimate of drug-likeness (QED) is 0.856. The predicted octanol–water partition coefficient (Wildman–Crippen LogP) is 1.88. The van der Waals surface area contributed by atoms with Gasteiger partial charge in [-0.05, 0) is 32.8 Å². The van der Waals surface area contributed by atoms with E-state index < -0.39 is 11.4 Å². The molecule has 5 nitrogen and oxygen atoms in total. The number of furan rings is 1. The van der Waals surface area contributed by atoms with Gasteiger partial charge in [-0.3, -0.25) is 9.59 Å². The molecule has 1 fully saturated rings. The first-order valence-corrected chi connectivity index (χ1v) is 6.03. The number of rotatable bonds is 4. The van der Waals surface area contributed by atoms with Gasteiger partial charge in [-0.2, -0.15) is 0 Å². The summed E-state index contributed by atoms with van der Waals surface area (Å²) in [5.74, 6) is 0.142. The zero-order chi connectivity index (χ0) is 13.3. The van der Waals surface area contributed by atoms with Crippen LogP contribution in [0.4, 0.5) is 0 Å². The van der Waals surface area contributed by atoms with Crippen LogP contribution >= 0.6 is 0 Å². The molecule has 0 bridgehead atoms. The van der Waals surface area contributed by atoms with E-state index >= 15 is 0 Å². The van der Waals surface area contributed by atoms with Crippen molar-refractivity contribution in [1.82, 2.24) is 5.32 Å². The summed E-state index contributed by atoms with van der Waals surface area (Å²) in [7, 11) is 0. The van der Waals surface area contributed by atoms with E-state index in [1.54, 1.807) is 19.9 Å². The molecule has 1 amide bonds. The van der Waals surface area contributed by atoms with Crippen molar-refractivity contribution < 1.29 is 19.1 Å². The van der Waals surface area contributed by atoms with Crippen LogP contribution in [-0.4, -0.2) is 23.5 Å². The largest absolute Gasteiger partial charge is 0.481 e. The molecule has 2 N–H and O–H groups in total. The van der Waals surface area contributed by atoms with E-state index in [0.29, 0.717) is 29.9 Å². The molecule has 5 heteroatoms. The number of nitrogens with one attached hydrogen (secondary N) is 1. The minimum Gasteiger partial charge on any atom is -0.481 e. The number of carboxylic acid groups (broad SMARTS) is 1. The first-order chi connectivity index (χ1) is 8.44. The van der Waals surface area contributed by atoms with Crippen LogP contribution in [0.5, 0.6) is 0 Å². The van der Waals surface area contributed by atoms with Gasteiger partial charge in [0.15, 0.2) is 0 Å². The molecule has 98 valence electrons. The normalized spacial score (nSPS) is 17.0. The van der Waals surface area contributed by atoms with Gasteiger partial charge < -0.3 is 14.8 Å². The van der Waals surface area contributed by atoms with Gasteiger partial charge >= 0.3 is 5.97 Å². The Hall–Kier alpha value is -1.78. The molecule has 1 aliphatic carbocycles. The first-order valence-electron chi connectivity index (χ1n) is 6.03. The number of aryl methyl sites for hydroxylation is 2. The summed E-state index contributed by atoms with van der Waals surface area (Å²) in [6, 6.07) is 1.67. The highest BCUT2D eigenvalue weighted by Crippen LogP contribution is 2.40. The van der Waals surface area contributed by atoms with E-state index in [2.05, 4.69) is 5.32 Å². The van der Waals surface area contributed by atoms with Gasteiger partial charge in [-0.1, -0.05) is 6.42 Å². The average molecular weight is 251 g/mol. The SMILES string of the molecule is Cc1cc(C(=O)NCC2(C(=O)O)CCC2)c(C)o1. The summed E-state index contributed by atoms with van der Waals surface area (Å²) < 4.78 is 5.28. The Labute approximate surface area is 105 Å². The predicted molar refractivity (Wildman–Crippen MR) is 64.4 cm³/mol. The zero-order valence-electron chi connectivity index (χ0n) is 10.6. The van der Waals surface area contributed by atoms with E-state index in [0.717, 1.165) is 6.42 Å². The third-order valence-corrected chi connectivity index (χ3v) is 3.64. The van der Waals surface area contributed by atoms with Crippen LogP contribution in [0.2, 0.25) is 0 Å².